The van der Waals surface area contributed by atoms with Gasteiger partial charge in [-0.15, -0.1) is 0 Å². The second-order valence-electron chi connectivity index (χ2n) is 6.41. The van der Waals surface area contributed by atoms with Crippen molar-refractivity contribution in [1.82, 2.24) is 4.90 Å². The zero-order valence-corrected chi connectivity index (χ0v) is 12.5. The number of hydrogen-bond acceptors (Lipinski definition) is 4. The molecule has 5 nitrogen and oxygen atoms in total. The first-order valence-corrected chi connectivity index (χ1v) is 7.68. The number of carbonyl (C=O) groups excluding carboxylic acids is 1. The van der Waals surface area contributed by atoms with E-state index in [9.17, 15) is 9.90 Å². The maximum Gasteiger partial charge on any atom is 0.289 e. The summed E-state index contributed by atoms with van der Waals surface area (Å²) >= 11 is 0. The number of carbonyl (C=O) groups is 1. The van der Waals surface area contributed by atoms with E-state index in [2.05, 4.69) is 0 Å². The molecule has 2 saturated heterocycles. The number of ether oxygens (including phenoxy) is 1. The minimum absolute atomic E-state index is 0.0119. The van der Waals surface area contributed by atoms with Crippen molar-refractivity contribution < 1.29 is 19.1 Å². The van der Waals surface area contributed by atoms with Crippen LogP contribution in [0.4, 0.5) is 0 Å². The van der Waals surface area contributed by atoms with Crippen LogP contribution in [0, 0.1) is 12.3 Å². The number of aryl methyl sites for hydroxylation is 1. The zero-order chi connectivity index (χ0) is 14.9. The van der Waals surface area contributed by atoms with Crippen LogP contribution in [0.2, 0.25) is 0 Å². The lowest BCUT2D eigenvalue weighted by atomic mass is 9.72. The Morgan fingerprint density at radius 2 is 2.19 bits per heavy atom. The molecule has 0 aromatic carbocycles. The minimum Gasteiger partial charge on any atom is -0.459 e. The number of aliphatic hydroxyl groups is 1. The molecule has 3 heterocycles. The van der Waals surface area contributed by atoms with Crippen molar-refractivity contribution in [2.24, 2.45) is 5.41 Å². The Kier molecular flexibility index (Phi) is 4.04. The van der Waals surface area contributed by atoms with Gasteiger partial charge in [-0.1, -0.05) is 0 Å². The van der Waals surface area contributed by atoms with Crippen LogP contribution in [0.15, 0.2) is 16.7 Å². The highest BCUT2D eigenvalue weighted by atomic mass is 16.5. The Hall–Kier alpha value is -1.33. The normalized spacial score (nSPS) is 25.2. The lowest BCUT2D eigenvalue weighted by Gasteiger charge is -2.48. The van der Waals surface area contributed by atoms with Gasteiger partial charge in [-0.3, -0.25) is 4.79 Å². The molecule has 2 aliphatic heterocycles. The van der Waals surface area contributed by atoms with Crippen LogP contribution in [0.25, 0.3) is 0 Å². The topological polar surface area (TPSA) is 62.9 Å². The van der Waals surface area contributed by atoms with Gasteiger partial charge in [0.25, 0.3) is 5.91 Å². The molecular formula is C16H23NO4. The van der Waals surface area contributed by atoms with Crippen molar-refractivity contribution in [2.75, 3.05) is 26.4 Å². The Labute approximate surface area is 124 Å². The zero-order valence-electron chi connectivity index (χ0n) is 12.5. The van der Waals surface area contributed by atoms with Crippen LogP contribution in [-0.4, -0.2) is 48.3 Å². The molecule has 21 heavy (non-hydrogen) atoms. The summed E-state index contributed by atoms with van der Waals surface area (Å²) in [6.45, 7) is 4.15. The van der Waals surface area contributed by atoms with Gasteiger partial charge < -0.3 is 19.2 Å². The lowest BCUT2D eigenvalue weighted by molar-refractivity contribution is -0.0442. The van der Waals surface area contributed by atoms with Crippen molar-refractivity contribution in [2.45, 2.75) is 38.6 Å². The molecule has 1 aromatic rings. The van der Waals surface area contributed by atoms with Gasteiger partial charge in [-0.25, -0.2) is 0 Å². The molecule has 0 aliphatic carbocycles. The molecule has 0 bridgehead atoms. The number of furan rings is 1. The van der Waals surface area contributed by atoms with Crippen molar-refractivity contribution in [1.29, 1.82) is 0 Å². The Morgan fingerprint density at radius 3 is 2.81 bits per heavy atom. The first kappa shape index (κ1) is 14.6. The monoisotopic (exact) mass is 293 g/mol. The molecule has 116 valence electrons. The van der Waals surface area contributed by atoms with E-state index in [1.165, 1.54) is 0 Å². The van der Waals surface area contributed by atoms with Gasteiger partial charge in [0.05, 0.1) is 18.9 Å². The van der Waals surface area contributed by atoms with Gasteiger partial charge in [0, 0.05) is 19.8 Å². The van der Waals surface area contributed by atoms with Crippen molar-refractivity contribution >= 4 is 5.91 Å². The largest absolute Gasteiger partial charge is 0.459 e. The summed E-state index contributed by atoms with van der Waals surface area (Å²) < 4.78 is 10.8. The highest BCUT2D eigenvalue weighted by Gasteiger charge is 2.42. The van der Waals surface area contributed by atoms with E-state index in [0.29, 0.717) is 12.3 Å². The molecule has 3 rings (SSSR count). The van der Waals surface area contributed by atoms with Crippen molar-refractivity contribution in [3.63, 3.8) is 0 Å². The van der Waals surface area contributed by atoms with E-state index < -0.39 is 0 Å². The van der Waals surface area contributed by atoms with Gasteiger partial charge in [-0.05, 0) is 49.7 Å². The van der Waals surface area contributed by atoms with E-state index in [0.717, 1.165) is 44.5 Å². The maximum atomic E-state index is 12.7. The number of nitrogens with zero attached hydrogens (tertiary/aromatic N) is 1. The molecular weight excluding hydrogens is 270 g/mol. The summed E-state index contributed by atoms with van der Waals surface area (Å²) in [6, 6.07) is 1.67. The Morgan fingerprint density at radius 1 is 1.43 bits per heavy atom. The summed E-state index contributed by atoms with van der Waals surface area (Å²) in [6.07, 6.45) is 5.48. The highest BCUT2D eigenvalue weighted by molar-refractivity contribution is 5.92. The molecule has 1 aromatic heterocycles. The lowest BCUT2D eigenvalue weighted by Crippen LogP contribution is -2.54. The van der Waals surface area contributed by atoms with Crippen LogP contribution < -0.4 is 0 Å². The predicted molar refractivity (Wildman–Crippen MR) is 77.1 cm³/mol. The SMILES string of the molecule is Cc1coc(C(=O)N2CC3(CCOCC3)CCC2CO)c1. The predicted octanol–water partition coefficient (Wildman–Crippen LogP) is 1.98. The third-order valence-corrected chi connectivity index (χ3v) is 4.92. The molecule has 1 unspecified atom stereocenters. The van der Waals surface area contributed by atoms with Crippen LogP contribution >= 0.6 is 0 Å². The van der Waals surface area contributed by atoms with E-state index in [4.69, 9.17) is 9.15 Å². The highest BCUT2D eigenvalue weighted by Crippen LogP contribution is 2.41. The van der Waals surface area contributed by atoms with E-state index in [1.807, 2.05) is 11.8 Å². The van der Waals surface area contributed by atoms with Crippen LogP contribution in [0.5, 0.6) is 0 Å². The number of amides is 1. The average molecular weight is 293 g/mol. The van der Waals surface area contributed by atoms with Gasteiger partial charge >= 0.3 is 0 Å². The van der Waals surface area contributed by atoms with E-state index in [1.54, 1.807) is 12.3 Å². The van der Waals surface area contributed by atoms with Crippen LogP contribution in [-0.2, 0) is 4.74 Å². The first-order chi connectivity index (χ1) is 10.1. The van der Waals surface area contributed by atoms with Gasteiger partial charge in [-0.2, -0.15) is 0 Å². The van der Waals surface area contributed by atoms with Gasteiger partial charge in [0.2, 0.25) is 0 Å². The molecule has 2 aliphatic rings. The number of likely N-dealkylation sites (tertiary alicyclic amines) is 1. The summed E-state index contributed by atoms with van der Waals surface area (Å²) in [5, 5.41) is 9.60. The minimum atomic E-state index is -0.104. The summed E-state index contributed by atoms with van der Waals surface area (Å²) in [7, 11) is 0. The average Bonchev–Trinajstić information content (AvgIpc) is 2.94. The standard InChI is InChI=1S/C16H23NO4/c1-12-8-14(21-10-12)15(19)17-11-16(3-2-13(17)9-18)4-6-20-7-5-16/h8,10,13,18H,2-7,9,11H2,1H3. The number of rotatable bonds is 2. The van der Waals surface area contributed by atoms with Crippen molar-refractivity contribution in [3.05, 3.63) is 23.7 Å². The molecule has 2 fully saturated rings. The molecule has 5 heteroatoms. The Bertz CT molecular complexity index is 504. The second-order valence-corrected chi connectivity index (χ2v) is 6.41. The fourth-order valence-electron chi connectivity index (χ4n) is 3.52. The van der Waals surface area contributed by atoms with E-state index >= 15 is 0 Å². The number of piperidine rings is 1. The van der Waals surface area contributed by atoms with Gasteiger partial charge in [0.15, 0.2) is 5.76 Å². The molecule has 1 N–H and O–H groups in total. The molecule has 1 atom stereocenters. The third-order valence-electron chi connectivity index (χ3n) is 4.92. The second kappa shape index (κ2) is 5.81. The van der Waals surface area contributed by atoms with Gasteiger partial charge in [0.1, 0.15) is 0 Å². The molecule has 0 saturated carbocycles. The van der Waals surface area contributed by atoms with Crippen LogP contribution in [0.1, 0.15) is 41.8 Å². The molecule has 0 radical (unpaired) electrons. The fraction of sp³-hybridized carbons (Fsp3) is 0.688. The summed E-state index contributed by atoms with van der Waals surface area (Å²) in [5.74, 6) is 0.266. The fourth-order valence-corrected chi connectivity index (χ4v) is 3.52. The number of hydrogen-bond donors (Lipinski definition) is 1. The summed E-state index contributed by atoms with van der Waals surface area (Å²) in [4.78, 5) is 14.5. The first-order valence-electron chi connectivity index (χ1n) is 7.68. The quantitative estimate of drug-likeness (QED) is 0.905. The molecule has 1 amide bonds. The maximum absolute atomic E-state index is 12.7. The Balaban J connectivity index is 1.80. The number of aliphatic hydroxyl groups excluding tert-OH is 1. The van der Waals surface area contributed by atoms with E-state index in [-0.39, 0.29) is 24.0 Å². The smallest absolute Gasteiger partial charge is 0.289 e. The third kappa shape index (κ3) is 2.85. The molecule has 1 spiro atoms. The van der Waals surface area contributed by atoms with Crippen LogP contribution in [0.3, 0.4) is 0 Å². The van der Waals surface area contributed by atoms with Crippen molar-refractivity contribution in [3.8, 4) is 0 Å². The summed E-state index contributed by atoms with van der Waals surface area (Å²) in [5.41, 5.74) is 1.10.